The van der Waals surface area contributed by atoms with Crippen LogP contribution in [0.5, 0.6) is 0 Å². The van der Waals surface area contributed by atoms with Crippen LogP contribution in [0.25, 0.3) is 0 Å². The fraction of sp³-hybridized carbons (Fsp3) is 0.545. The summed E-state index contributed by atoms with van der Waals surface area (Å²) in [6.07, 6.45) is 6.73. The van der Waals surface area contributed by atoms with Crippen LogP contribution in [0.15, 0.2) is 24.0 Å². The topological polar surface area (TPSA) is 42.2 Å². The average Bonchev–Trinajstić information content (AvgIpc) is 2.20. The summed E-state index contributed by atoms with van der Waals surface area (Å²) in [6.45, 7) is 0. The van der Waals surface area contributed by atoms with Crippen molar-refractivity contribution in [1.82, 2.24) is 0 Å². The number of hydrogen-bond acceptors (Lipinski definition) is 3. The summed E-state index contributed by atoms with van der Waals surface area (Å²) in [7, 11) is 3.31. The Bertz CT molecular complexity index is 340. The highest BCUT2D eigenvalue weighted by Crippen LogP contribution is 2.50. The van der Waals surface area contributed by atoms with Crippen LogP contribution in [0.1, 0.15) is 6.42 Å². The molecule has 3 unspecified atom stereocenters. The molecule has 0 spiro atoms. The minimum Gasteiger partial charge on any atom is -0.497 e. The van der Waals surface area contributed by atoms with E-state index >= 15 is 0 Å². The molecule has 2 aliphatic carbocycles. The number of rotatable bonds is 2. The SMILES string of the molecule is COC1=CC2CC(C#N)C2(OC)C=C1. The summed E-state index contributed by atoms with van der Waals surface area (Å²) in [6, 6.07) is 2.28. The molecule has 2 rings (SSSR count). The average molecular weight is 191 g/mol. The van der Waals surface area contributed by atoms with Gasteiger partial charge in [0.05, 0.1) is 19.1 Å². The second kappa shape index (κ2) is 3.14. The van der Waals surface area contributed by atoms with Gasteiger partial charge in [-0.2, -0.15) is 5.26 Å². The Morgan fingerprint density at radius 3 is 2.86 bits per heavy atom. The molecule has 14 heavy (non-hydrogen) atoms. The summed E-state index contributed by atoms with van der Waals surface area (Å²) in [5.41, 5.74) is -0.392. The Kier molecular flexibility index (Phi) is 2.09. The first-order valence-corrected chi connectivity index (χ1v) is 4.66. The smallest absolute Gasteiger partial charge is 0.115 e. The van der Waals surface area contributed by atoms with Crippen LogP contribution < -0.4 is 0 Å². The monoisotopic (exact) mass is 191 g/mol. The molecular formula is C11H13NO2. The van der Waals surface area contributed by atoms with Crippen molar-refractivity contribution in [3.8, 4) is 6.07 Å². The lowest BCUT2D eigenvalue weighted by atomic mass is 9.59. The standard InChI is InChI=1S/C11H13NO2/c1-13-10-3-4-11(14-2)8(6-10)5-9(11)7-12/h3-4,6,8-9H,5H2,1-2H3. The van der Waals surface area contributed by atoms with Crippen molar-refractivity contribution in [2.45, 2.75) is 12.0 Å². The van der Waals surface area contributed by atoms with Crippen LogP contribution in [-0.4, -0.2) is 19.8 Å². The second-order valence-electron chi connectivity index (χ2n) is 3.69. The third-order valence-electron chi connectivity index (χ3n) is 3.23. The van der Waals surface area contributed by atoms with Gasteiger partial charge in [0.25, 0.3) is 0 Å². The number of nitriles is 1. The molecule has 0 heterocycles. The predicted molar refractivity (Wildman–Crippen MR) is 51.2 cm³/mol. The maximum Gasteiger partial charge on any atom is 0.115 e. The van der Waals surface area contributed by atoms with Crippen LogP contribution in [0.3, 0.4) is 0 Å². The third-order valence-corrected chi connectivity index (χ3v) is 3.23. The van der Waals surface area contributed by atoms with Gasteiger partial charge in [-0.05, 0) is 24.6 Å². The summed E-state index contributed by atoms with van der Waals surface area (Å²) in [5.74, 6) is 1.12. The molecular weight excluding hydrogens is 178 g/mol. The van der Waals surface area contributed by atoms with Crippen LogP contribution in [0.4, 0.5) is 0 Å². The van der Waals surface area contributed by atoms with E-state index in [1.807, 2.05) is 18.2 Å². The zero-order valence-corrected chi connectivity index (χ0v) is 8.36. The fourth-order valence-corrected chi connectivity index (χ4v) is 2.28. The first-order valence-electron chi connectivity index (χ1n) is 4.66. The lowest BCUT2D eigenvalue weighted by molar-refractivity contribution is -0.101. The van der Waals surface area contributed by atoms with Gasteiger partial charge < -0.3 is 9.47 Å². The third kappa shape index (κ3) is 1.01. The minimum atomic E-state index is -0.392. The van der Waals surface area contributed by atoms with Gasteiger partial charge in [0, 0.05) is 13.0 Å². The van der Waals surface area contributed by atoms with Gasteiger partial charge in [-0.15, -0.1) is 0 Å². The summed E-state index contributed by atoms with van der Waals surface area (Å²) in [5, 5.41) is 8.93. The Labute approximate surface area is 83.6 Å². The molecule has 3 heteroatoms. The molecule has 0 aliphatic heterocycles. The van der Waals surface area contributed by atoms with E-state index in [0.717, 1.165) is 12.2 Å². The maximum atomic E-state index is 8.93. The van der Waals surface area contributed by atoms with Gasteiger partial charge in [-0.3, -0.25) is 0 Å². The highest BCUT2D eigenvalue weighted by atomic mass is 16.5. The molecule has 74 valence electrons. The molecule has 3 nitrogen and oxygen atoms in total. The molecule has 0 bridgehead atoms. The quantitative estimate of drug-likeness (QED) is 0.666. The summed E-state index contributed by atoms with van der Waals surface area (Å²) < 4.78 is 10.6. The van der Waals surface area contributed by atoms with E-state index in [-0.39, 0.29) is 11.8 Å². The molecule has 0 amide bonds. The van der Waals surface area contributed by atoms with Gasteiger partial charge in [-0.1, -0.05) is 0 Å². The first kappa shape index (κ1) is 9.29. The van der Waals surface area contributed by atoms with Crippen molar-refractivity contribution in [1.29, 1.82) is 5.26 Å². The molecule has 0 aromatic rings. The molecule has 0 aromatic heterocycles. The number of nitrogens with zero attached hydrogens (tertiary/aromatic N) is 1. The molecule has 1 saturated carbocycles. The number of allylic oxidation sites excluding steroid dienone is 1. The van der Waals surface area contributed by atoms with Gasteiger partial charge in [0.15, 0.2) is 0 Å². The van der Waals surface area contributed by atoms with Crippen molar-refractivity contribution in [3.05, 3.63) is 24.0 Å². The highest BCUT2D eigenvalue weighted by Gasteiger charge is 2.54. The molecule has 0 aromatic carbocycles. The molecule has 3 atom stereocenters. The van der Waals surface area contributed by atoms with E-state index in [1.165, 1.54) is 0 Å². The fourth-order valence-electron chi connectivity index (χ4n) is 2.28. The Morgan fingerprint density at radius 1 is 1.57 bits per heavy atom. The summed E-state index contributed by atoms with van der Waals surface area (Å²) >= 11 is 0. The number of fused-ring (bicyclic) bond motifs is 1. The van der Waals surface area contributed by atoms with E-state index in [2.05, 4.69) is 6.07 Å². The van der Waals surface area contributed by atoms with Crippen LogP contribution in [0, 0.1) is 23.2 Å². The van der Waals surface area contributed by atoms with Crippen molar-refractivity contribution in [2.75, 3.05) is 14.2 Å². The minimum absolute atomic E-state index is 0.0246. The van der Waals surface area contributed by atoms with Crippen molar-refractivity contribution >= 4 is 0 Å². The lowest BCUT2D eigenvalue weighted by Gasteiger charge is -2.50. The van der Waals surface area contributed by atoms with E-state index < -0.39 is 5.60 Å². The van der Waals surface area contributed by atoms with Gasteiger partial charge in [0.1, 0.15) is 11.4 Å². The molecule has 0 saturated heterocycles. The lowest BCUT2D eigenvalue weighted by Crippen LogP contribution is -2.55. The molecule has 0 radical (unpaired) electrons. The van der Waals surface area contributed by atoms with Crippen LogP contribution >= 0.6 is 0 Å². The van der Waals surface area contributed by atoms with Crippen LogP contribution in [-0.2, 0) is 9.47 Å². The summed E-state index contributed by atoms with van der Waals surface area (Å²) in [4.78, 5) is 0. The highest BCUT2D eigenvalue weighted by molar-refractivity contribution is 5.35. The van der Waals surface area contributed by atoms with Crippen molar-refractivity contribution in [3.63, 3.8) is 0 Å². The maximum absolute atomic E-state index is 8.93. The van der Waals surface area contributed by atoms with Gasteiger partial charge in [-0.25, -0.2) is 0 Å². The predicted octanol–water partition coefficient (Wildman–Crippen LogP) is 1.63. The normalized spacial score (nSPS) is 39.1. The second-order valence-corrected chi connectivity index (χ2v) is 3.69. The number of ether oxygens (including phenoxy) is 2. The van der Waals surface area contributed by atoms with Crippen molar-refractivity contribution < 1.29 is 9.47 Å². The largest absolute Gasteiger partial charge is 0.497 e. The Balaban J connectivity index is 2.25. The Morgan fingerprint density at radius 2 is 2.36 bits per heavy atom. The van der Waals surface area contributed by atoms with Crippen molar-refractivity contribution in [2.24, 2.45) is 11.8 Å². The van der Waals surface area contributed by atoms with E-state index in [9.17, 15) is 0 Å². The zero-order valence-electron chi connectivity index (χ0n) is 8.36. The Hall–Kier alpha value is -1.27. The molecule has 2 aliphatic rings. The van der Waals surface area contributed by atoms with E-state index in [1.54, 1.807) is 14.2 Å². The number of methoxy groups -OCH3 is 2. The zero-order chi connectivity index (χ0) is 10.2. The number of hydrogen-bond donors (Lipinski definition) is 0. The first-order chi connectivity index (χ1) is 6.76. The van der Waals surface area contributed by atoms with Gasteiger partial charge in [0.2, 0.25) is 0 Å². The molecule has 1 fully saturated rings. The van der Waals surface area contributed by atoms with Gasteiger partial charge >= 0.3 is 0 Å². The molecule has 0 N–H and O–H groups in total. The van der Waals surface area contributed by atoms with E-state index in [0.29, 0.717) is 0 Å². The van der Waals surface area contributed by atoms with E-state index in [4.69, 9.17) is 14.7 Å². The van der Waals surface area contributed by atoms with Crippen LogP contribution in [0.2, 0.25) is 0 Å².